The van der Waals surface area contributed by atoms with E-state index < -0.39 is 0 Å². The lowest BCUT2D eigenvalue weighted by Crippen LogP contribution is -3.00. The monoisotopic (exact) mass is 251 g/mol. The van der Waals surface area contributed by atoms with Crippen LogP contribution in [-0.4, -0.2) is 11.5 Å². The molecule has 0 aliphatic rings. The molecule has 0 atom stereocenters. The lowest BCUT2D eigenvalue weighted by atomic mass is 10.0. The van der Waals surface area contributed by atoms with Crippen molar-refractivity contribution in [2.45, 2.75) is 32.6 Å². The molecular formula is C14H20ClN2-. The number of rotatable bonds is 5. The minimum absolute atomic E-state index is 0. The highest BCUT2D eigenvalue weighted by atomic mass is 35.5. The summed E-state index contributed by atoms with van der Waals surface area (Å²) in [6.45, 7) is 2.95. The summed E-state index contributed by atoms with van der Waals surface area (Å²) in [5.74, 6) is 0. The summed E-state index contributed by atoms with van der Waals surface area (Å²) < 4.78 is 0. The predicted octanol–water partition coefficient (Wildman–Crippen LogP) is 0.0157. The molecule has 0 spiro atoms. The molecule has 0 saturated carbocycles. The second kappa shape index (κ2) is 6.67. The van der Waals surface area contributed by atoms with Crippen LogP contribution in [0.4, 0.5) is 0 Å². The highest BCUT2D eigenvalue weighted by Gasteiger charge is 2.03. The second-order valence-electron chi connectivity index (χ2n) is 4.34. The fourth-order valence-electron chi connectivity index (χ4n) is 2.12. The van der Waals surface area contributed by atoms with Gasteiger partial charge in [-0.2, -0.15) is 0 Å². The first-order chi connectivity index (χ1) is 7.85. The molecule has 1 aromatic heterocycles. The van der Waals surface area contributed by atoms with Crippen LogP contribution < -0.4 is 18.1 Å². The molecule has 2 aromatic rings. The van der Waals surface area contributed by atoms with Crippen molar-refractivity contribution in [1.29, 1.82) is 0 Å². The van der Waals surface area contributed by atoms with Gasteiger partial charge in [-0.05, 0) is 49.1 Å². The Labute approximate surface area is 109 Å². The third-order valence-electron chi connectivity index (χ3n) is 3.06. The van der Waals surface area contributed by atoms with Crippen molar-refractivity contribution in [3.05, 3.63) is 35.5 Å². The maximum atomic E-state index is 5.62. The molecule has 3 N–H and O–H groups in total. The number of halogens is 1. The standard InChI is InChI=1S/C14H20N2.ClH/c1-2-3-4-11-5-6-14-13(9-11)12(7-8-15)10-16-14;/h5-6,9-10,16H,2-4,7-8,15H2,1H3;1H/p-1. The average Bonchev–Trinajstić information content (AvgIpc) is 2.70. The zero-order valence-corrected chi connectivity index (χ0v) is 11.1. The van der Waals surface area contributed by atoms with Crippen LogP contribution in [0.3, 0.4) is 0 Å². The Morgan fingerprint density at radius 2 is 2.06 bits per heavy atom. The first-order valence-corrected chi connectivity index (χ1v) is 6.14. The van der Waals surface area contributed by atoms with E-state index in [1.807, 2.05) is 0 Å². The summed E-state index contributed by atoms with van der Waals surface area (Å²) in [7, 11) is 0. The van der Waals surface area contributed by atoms with Gasteiger partial charge in [0, 0.05) is 17.1 Å². The zero-order valence-electron chi connectivity index (χ0n) is 10.3. The van der Waals surface area contributed by atoms with Gasteiger partial charge in [0.05, 0.1) is 0 Å². The SMILES string of the molecule is CCCCc1ccc2[nH]cc(CCN)c2c1.[Cl-]. The van der Waals surface area contributed by atoms with Crippen LogP contribution in [0.5, 0.6) is 0 Å². The lowest BCUT2D eigenvalue weighted by molar-refractivity contribution is -0.00000348. The Bertz CT molecular complexity index is 462. The Morgan fingerprint density at radius 3 is 2.76 bits per heavy atom. The number of nitrogens with one attached hydrogen (secondary N) is 1. The molecule has 3 heteroatoms. The smallest absolute Gasteiger partial charge is 0.0456 e. The van der Waals surface area contributed by atoms with E-state index in [-0.39, 0.29) is 12.4 Å². The van der Waals surface area contributed by atoms with Gasteiger partial charge in [0.1, 0.15) is 0 Å². The van der Waals surface area contributed by atoms with Crippen LogP contribution >= 0.6 is 0 Å². The van der Waals surface area contributed by atoms with E-state index in [2.05, 4.69) is 36.3 Å². The molecule has 2 nitrogen and oxygen atoms in total. The first kappa shape index (κ1) is 14.1. The quantitative estimate of drug-likeness (QED) is 0.773. The summed E-state index contributed by atoms with van der Waals surface area (Å²) >= 11 is 0. The van der Waals surface area contributed by atoms with E-state index in [9.17, 15) is 0 Å². The van der Waals surface area contributed by atoms with E-state index in [1.165, 1.54) is 41.3 Å². The zero-order chi connectivity index (χ0) is 11.4. The van der Waals surface area contributed by atoms with Gasteiger partial charge >= 0.3 is 0 Å². The van der Waals surface area contributed by atoms with E-state index in [1.54, 1.807) is 0 Å². The summed E-state index contributed by atoms with van der Waals surface area (Å²) in [6, 6.07) is 6.72. The molecule has 0 radical (unpaired) electrons. The highest BCUT2D eigenvalue weighted by Crippen LogP contribution is 2.21. The summed E-state index contributed by atoms with van der Waals surface area (Å²) in [5, 5.41) is 1.35. The molecule has 0 aliphatic heterocycles. The number of fused-ring (bicyclic) bond motifs is 1. The van der Waals surface area contributed by atoms with Crippen molar-refractivity contribution >= 4 is 10.9 Å². The minimum atomic E-state index is 0. The predicted molar refractivity (Wildman–Crippen MR) is 69.7 cm³/mol. The number of aryl methyl sites for hydroxylation is 1. The number of hydrogen-bond donors (Lipinski definition) is 2. The third kappa shape index (κ3) is 3.24. The molecule has 1 aromatic carbocycles. The Hall–Kier alpha value is -0.990. The molecule has 0 bridgehead atoms. The van der Waals surface area contributed by atoms with Gasteiger partial charge in [-0.3, -0.25) is 0 Å². The number of aromatic nitrogens is 1. The van der Waals surface area contributed by atoms with Crippen LogP contribution in [0.2, 0.25) is 0 Å². The molecule has 2 rings (SSSR count). The van der Waals surface area contributed by atoms with Crippen LogP contribution in [0.15, 0.2) is 24.4 Å². The average molecular weight is 252 g/mol. The van der Waals surface area contributed by atoms with Gasteiger partial charge < -0.3 is 23.1 Å². The van der Waals surface area contributed by atoms with Crippen molar-refractivity contribution in [3.63, 3.8) is 0 Å². The maximum absolute atomic E-state index is 5.62. The van der Waals surface area contributed by atoms with Crippen LogP contribution in [0.25, 0.3) is 10.9 Å². The van der Waals surface area contributed by atoms with Gasteiger partial charge in [-0.15, -0.1) is 0 Å². The lowest BCUT2D eigenvalue weighted by Gasteiger charge is -2.01. The summed E-state index contributed by atoms with van der Waals surface area (Å²) in [4.78, 5) is 3.30. The third-order valence-corrected chi connectivity index (χ3v) is 3.06. The normalized spacial score (nSPS) is 10.5. The molecule has 0 fully saturated rings. The molecule has 0 saturated heterocycles. The Kier molecular flexibility index (Phi) is 5.52. The number of benzene rings is 1. The van der Waals surface area contributed by atoms with Crippen molar-refractivity contribution in [2.24, 2.45) is 5.73 Å². The van der Waals surface area contributed by atoms with Crippen LogP contribution in [0, 0.1) is 0 Å². The van der Waals surface area contributed by atoms with Crippen molar-refractivity contribution in [3.8, 4) is 0 Å². The Morgan fingerprint density at radius 1 is 1.24 bits per heavy atom. The molecule has 0 aliphatic carbocycles. The second-order valence-corrected chi connectivity index (χ2v) is 4.34. The van der Waals surface area contributed by atoms with E-state index in [4.69, 9.17) is 5.73 Å². The highest BCUT2D eigenvalue weighted by molar-refractivity contribution is 5.83. The number of hydrogen-bond acceptors (Lipinski definition) is 1. The molecular weight excluding hydrogens is 232 g/mol. The van der Waals surface area contributed by atoms with Crippen molar-refractivity contribution < 1.29 is 12.4 Å². The van der Waals surface area contributed by atoms with E-state index >= 15 is 0 Å². The van der Waals surface area contributed by atoms with Gasteiger partial charge in [-0.25, -0.2) is 0 Å². The topological polar surface area (TPSA) is 41.8 Å². The van der Waals surface area contributed by atoms with E-state index in [0.29, 0.717) is 6.54 Å². The minimum Gasteiger partial charge on any atom is -1.00 e. The van der Waals surface area contributed by atoms with Crippen LogP contribution in [-0.2, 0) is 12.8 Å². The van der Waals surface area contributed by atoms with Crippen molar-refractivity contribution in [1.82, 2.24) is 4.98 Å². The van der Waals surface area contributed by atoms with Crippen LogP contribution in [0.1, 0.15) is 30.9 Å². The van der Waals surface area contributed by atoms with Gasteiger partial charge in [0.15, 0.2) is 0 Å². The molecule has 94 valence electrons. The number of nitrogens with two attached hydrogens (primary N) is 1. The van der Waals surface area contributed by atoms with Gasteiger partial charge in [-0.1, -0.05) is 19.4 Å². The first-order valence-electron chi connectivity index (χ1n) is 6.14. The molecule has 0 unspecified atom stereocenters. The van der Waals surface area contributed by atoms with Gasteiger partial charge in [0.25, 0.3) is 0 Å². The van der Waals surface area contributed by atoms with E-state index in [0.717, 1.165) is 6.42 Å². The maximum Gasteiger partial charge on any atom is 0.0456 e. The Balaban J connectivity index is 0.00000144. The molecule has 17 heavy (non-hydrogen) atoms. The fraction of sp³-hybridized carbons (Fsp3) is 0.429. The number of H-pyrrole nitrogens is 1. The fourth-order valence-corrected chi connectivity index (χ4v) is 2.12. The summed E-state index contributed by atoms with van der Waals surface area (Å²) in [5.41, 5.74) is 9.62. The van der Waals surface area contributed by atoms with Gasteiger partial charge in [0.2, 0.25) is 0 Å². The molecule has 0 amide bonds. The number of aromatic amines is 1. The largest absolute Gasteiger partial charge is 1.00 e. The summed E-state index contributed by atoms with van der Waals surface area (Å²) in [6.07, 6.45) is 6.74. The van der Waals surface area contributed by atoms with Crippen molar-refractivity contribution in [2.75, 3.05) is 6.54 Å². The molecule has 1 heterocycles. The number of unbranched alkanes of at least 4 members (excludes halogenated alkanes) is 1.